The van der Waals surface area contributed by atoms with Crippen LogP contribution in [0.5, 0.6) is 5.75 Å². The highest BCUT2D eigenvalue weighted by Crippen LogP contribution is 2.25. The number of hydrogen-bond donors (Lipinski definition) is 3. The van der Waals surface area contributed by atoms with Crippen LogP contribution in [0.15, 0.2) is 70.2 Å². The number of nitrogens with one attached hydrogen (secondary N) is 2. The van der Waals surface area contributed by atoms with E-state index in [0.717, 1.165) is 10.8 Å². The lowest BCUT2D eigenvalue weighted by Gasteiger charge is -2.13. The number of carbonyl (C=O) groups excluding carboxylic acids is 2. The van der Waals surface area contributed by atoms with E-state index in [9.17, 15) is 14.7 Å². The number of aromatic hydroxyl groups is 1. The Hall–Kier alpha value is -3.19. The molecule has 1 unspecified atom stereocenters. The van der Waals surface area contributed by atoms with Crippen molar-refractivity contribution in [2.75, 3.05) is 0 Å². The number of nitrogens with zero attached hydrogens (tertiary/aromatic N) is 1. The molecule has 28 heavy (non-hydrogen) atoms. The zero-order valence-corrected chi connectivity index (χ0v) is 16.6. The van der Waals surface area contributed by atoms with Crippen molar-refractivity contribution < 1.29 is 14.7 Å². The van der Waals surface area contributed by atoms with Gasteiger partial charge < -0.3 is 10.4 Å². The summed E-state index contributed by atoms with van der Waals surface area (Å²) in [6.07, 6.45) is 1.39. The second-order valence-corrected chi connectivity index (χ2v) is 6.98. The maximum Gasteiger partial charge on any atom is 0.262 e. The highest BCUT2D eigenvalue weighted by molar-refractivity contribution is 9.10. The molecule has 2 amide bonds. The summed E-state index contributed by atoms with van der Waals surface area (Å²) in [5.74, 6) is -0.783. The molecule has 3 rings (SSSR count). The van der Waals surface area contributed by atoms with Crippen molar-refractivity contribution in [3.63, 3.8) is 0 Å². The van der Waals surface area contributed by atoms with Gasteiger partial charge >= 0.3 is 0 Å². The monoisotopic (exact) mass is 439 g/mol. The van der Waals surface area contributed by atoms with Gasteiger partial charge in [-0.25, -0.2) is 5.43 Å². The molecule has 7 heteroatoms. The molecule has 1 atom stereocenters. The van der Waals surface area contributed by atoms with Gasteiger partial charge in [-0.2, -0.15) is 5.10 Å². The van der Waals surface area contributed by atoms with Crippen LogP contribution in [0, 0.1) is 0 Å². The van der Waals surface area contributed by atoms with Crippen molar-refractivity contribution in [1.29, 1.82) is 0 Å². The third-order valence-electron chi connectivity index (χ3n) is 4.18. The van der Waals surface area contributed by atoms with Crippen LogP contribution < -0.4 is 10.7 Å². The number of phenols is 1. The van der Waals surface area contributed by atoms with E-state index in [1.165, 1.54) is 6.21 Å². The molecule has 0 saturated carbocycles. The van der Waals surface area contributed by atoms with Crippen LogP contribution in [0.25, 0.3) is 10.8 Å². The van der Waals surface area contributed by atoms with Gasteiger partial charge in [0, 0.05) is 10.0 Å². The number of hydrogen-bond acceptors (Lipinski definition) is 4. The van der Waals surface area contributed by atoms with E-state index in [0.29, 0.717) is 15.6 Å². The SMILES string of the molecule is CC(NC(=O)c1ccccc1Br)C(=O)NN=Cc1c(O)ccc2ccccc12. The molecular formula is C21H18BrN3O3. The van der Waals surface area contributed by atoms with Gasteiger partial charge in [-0.1, -0.05) is 42.5 Å². The Morgan fingerprint density at radius 2 is 1.79 bits per heavy atom. The number of benzene rings is 3. The molecule has 0 aliphatic rings. The van der Waals surface area contributed by atoms with Crippen molar-refractivity contribution in [3.8, 4) is 5.75 Å². The van der Waals surface area contributed by atoms with E-state index in [1.807, 2.05) is 24.3 Å². The topological polar surface area (TPSA) is 90.8 Å². The number of phenolic OH excluding ortho intramolecular Hbond substituents is 1. The van der Waals surface area contributed by atoms with Gasteiger partial charge in [0.15, 0.2) is 0 Å². The summed E-state index contributed by atoms with van der Waals surface area (Å²) in [4.78, 5) is 24.5. The summed E-state index contributed by atoms with van der Waals surface area (Å²) >= 11 is 3.31. The fraction of sp³-hybridized carbons (Fsp3) is 0.0952. The smallest absolute Gasteiger partial charge is 0.262 e. The Bertz CT molecular complexity index is 1070. The summed E-state index contributed by atoms with van der Waals surface area (Å²) in [6.45, 7) is 1.56. The molecule has 0 aliphatic heterocycles. The summed E-state index contributed by atoms with van der Waals surface area (Å²) in [6, 6.07) is 17.1. The van der Waals surface area contributed by atoms with Gasteiger partial charge in [-0.3, -0.25) is 9.59 Å². The minimum absolute atomic E-state index is 0.0620. The second-order valence-electron chi connectivity index (χ2n) is 6.13. The van der Waals surface area contributed by atoms with Crippen molar-refractivity contribution in [3.05, 3.63) is 76.3 Å². The third-order valence-corrected chi connectivity index (χ3v) is 4.87. The first-order chi connectivity index (χ1) is 13.5. The van der Waals surface area contributed by atoms with Crippen molar-refractivity contribution in [2.24, 2.45) is 5.10 Å². The van der Waals surface area contributed by atoms with E-state index >= 15 is 0 Å². The molecule has 0 saturated heterocycles. The number of amides is 2. The normalized spacial score (nSPS) is 12.1. The van der Waals surface area contributed by atoms with Crippen LogP contribution in [0.1, 0.15) is 22.8 Å². The van der Waals surface area contributed by atoms with Crippen molar-refractivity contribution >= 4 is 44.7 Å². The quantitative estimate of drug-likeness (QED) is 0.419. The fourth-order valence-corrected chi connectivity index (χ4v) is 3.13. The van der Waals surface area contributed by atoms with Gasteiger partial charge in [0.05, 0.1) is 11.8 Å². The molecule has 142 valence electrons. The van der Waals surface area contributed by atoms with Gasteiger partial charge in [-0.05, 0) is 51.8 Å². The van der Waals surface area contributed by atoms with E-state index in [-0.39, 0.29) is 11.7 Å². The number of hydrazone groups is 1. The van der Waals surface area contributed by atoms with Crippen molar-refractivity contribution in [2.45, 2.75) is 13.0 Å². The molecule has 3 N–H and O–H groups in total. The first kappa shape index (κ1) is 19.6. The fourth-order valence-electron chi connectivity index (χ4n) is 2.66. The Labute approximate surface area is 170 Å². The summed E-state index contributed by atoms with van der Waals surface area (Å²) in [7, 11) is 0. The second kappa shape index (κ2) is 8.67. The molecular weight excluding hydrogens is 422 g/mol. The van der Waals surface area contributed by atoms with Gasteiger partial charge in [0.1, 0.15) is 11.8 Å². The molecule has 0 aliphatic carbocycles. The van der Waals surface area contributed by atoms with Crippen LogP contribution >= 0.6 is 15.9 Å². The Morgan fingerprint density at radius 3 is 2.57 bits per heavy atom. The summed E-state index contributed by atoms with van der Waals surface area (Å²) in [5, 5.41) is 18.4. The molecule has 3 aromatic carbocycles. The highest BCUT2D eigenvalue weighted by atomic mass is 79.9. The van der Waals surface area contributed by atoms with Crippen LogP contribution in [-0.2, 0) is 4.79 Å². The Kier molecular flexibility index (Phi) is 6.06. The molecule has 3 aromatic rings. The molecule has 0 radical (unpaired) electrons. The minimum Gasteiger partial charge on any atom is -0.507 e. The van der Waals surface area contributed by atoms with E-state index in [2.05, 4.69) is 31.8 Å². The largest absolute Gasteiger partial charge is 0.507 e. The standard InChI is InChI=1S/C21H18BrN3O3/c1-13(24-21(28)16-8-4-5-9-18(16)22)20(27)25-23-12-17-15-7-3-2-6-14(15)10-11-19(17)26/h2-13,26H,1H3,(H,24,28)(H,25,27). The first-order valence-electron chi connectivity index (χ1n) is 8.56. The zero-order valence-electron chi connectivity index (χ0n) is 15.0. The van der Waals surface area contributed by atoms with Crippen LogP contribution in [0.2, 0.25) is 0 Å². The average Bonchev–Trinajstić information content (AvgIpc) is 2.69. The summed E-state index contributed by atoms with van der Waals surface area (Å²) < 4.78 is 0.643. The maximum absolute atomic E-state index is 12.3. The van der Waals surface area contributed by atoms with Crippen LogP contribution in [0.3, 0.4) is 0 Å². The number of carbonyl (C=O) groups is 2. The predicted molar refractivity (Wildman–Crippen MR) is 112 cm³/mol. The molecule has 0 heterocycles. The Morgan fingerprint density at radius 1 is 1.07 bits per heavy atom. The predicted octanol–water partition coefficient (Wildman–Crippen LogP) is 3.58. The van der Waals surface area contributed by atoms with E-state index < -0.39 is 11.9 Å². The minimum atomic E-state index is -0.794. The Balaban J connectivity index is 1.66. The highest BCUT2D eigenvalue weighted by Gasteiger charge is 2.17. The van der Waals surface area contributed by atoms with E-state index in [1.54, 1.807) is 43.3 Å². The van der Waals surface area contributed by atoms with Crippen LogP contribution in [-0.4, -0.2) is 29.2 Å². The first-order valence-corrected chi connectivity index (χ1v) is 9.35. The lowest BCUT2D eigenvalue weighted by molar-refractivity contribution is -0.122. The number of fused-ring (bicyclic) bond motifs is 1. The average molecular weight is 440 g/mol. The van der Waals surface area contributed by atoms with Gasteiger partial charge in [0.25, 0.3) is 11.8 Å². The van der Waals surface area contributed by atoms with Gasteiger partial charge in [0.2, 0.25) is 0 Å². The molecule has 0 aromatic heterocycles. The molecule has 0 bridgehead atoms. The lowest BCUT2D eigenvalue weighted by atomic mass is 10.0. The molecule has 0 fully saturated rings. The molecule has 6 nitrogen and oxygen atoms in total. The lowest BCUT2D eigenvalue weighted by Crippen LogP contribution is -2.43. The van der Waals surface area contributed by atoms with E-state index in [4.69, 9.17) is 0 Å². The maximum atomic E-state index is 12.3. The number of rotatable bonds is 5. The van der Waals surface area contributed by atoms with Crippen LogP contribution in [0.4, 0.5) is 0 Å². The number of halogens is 1. The molecule has 0 spiro atoms. The zero-order chi connectivity index (χ0) is 20.1. The third kappa shape index (κ3) is 4.37. The van der Waals surface area contributed by atoms with Gasteiger partial charge in [-0.15, -0.1) is 0 Å². The summed E-state index contributed by atoms with van der Waals surface area (Å²) in [5.41, 5.74) is 3.33. The van der Waals surface area contributed by atoms with Crippen molar-refractivity contribution in [1.82, 2.24) is 10.7 Å².